The smallest absolute Gasteiger partial charge is 0.251 e. The summed E-state index contributed by atoms with van der Waals surface area (Å²) in [7, 11) is 0. The zero-order chi connectivity index (χ0) is 14.6. The lowest BCUT2D eigenvalue weighted by molar-refractivity contribution is -0.123. The topological polar surface area (TPSA) is 58.2 Å². The molecule has 1 aromatic carbocycles. The number of carbonyl (C=O) groups excluding carboxylic acids is 2. The lowest BCUT2D eigenvalue weighted by Gasteiger charge is -2.17. The van der Waals surface area contributed by atoms with Gasteiger partial charge in [-0.25, -0.2) is 0 Å². The molecular formula is C15H22N2O2. The maximum absolute atomic E-state index is 11.8. The summed E-state index contributed by atoms with van der Waals surface area (Å²) in [6.45, 7) is 9.39. The molecule has 0 aliphatic heterocycles. The largest absolute Gasteiger partial charge is 0.350 e. The molecule has 4 heteroatoms. The highest BCUT2D eigenvalue weighted by molar-refractivity contribution is 5.97. The second-order valence-corrected chi connectivity index (χ2v) is 5.91. The van der Waals surface area contributed by atoms with Gasteiger partial charge in [0, 0.05) is 22.7 Å². The number of nitrogens with one attached hydrogen (secondary N) is 2. The molecule has 0 aliphatic carbocycles. The first-order valence-electron chi connectivity index (χ1n) is 6.42. The molecule has 0 aliphatic rings. The summed E-state index contributed by atoms with van der Waals surface area (Å²) in [5, 5.41) is 5.64. The Labute approximate surface area is 114 Å². The van der Waals surface area contributed by atoms with Crippen LogP contribution in [0.1, 0.15) is 45.0 Å². The summed E-state index contributed by atoms with van der Waals surface area (Å²) in [5.41, 5.74) is 0.844. The number of benzene rings is 1. The van der Waals surface area contributed by atoms with Gasteiger partial charge in [-0.2, -0.15) is 0 Å². The Kier molecular flexibility index (Phi) is 4.70. The van der Waals surface area contributed by atoms with Crippen LogP contribution in [0.5, 0.6) is 0 Å². The van der Waals surface area contributed by atoms with E-state index in [-0.39, 0.29) is 17.9 Å². The normalized spacial score (nSPS) is 11.3. The molecule has 0 fully saturated rings. The standard InChI is InChI=1S/C15H22N2O2/c1-10(2)16-13(18)11-6-8-12(9-7-11)17-14(19)15(3,4)5/h6-10H,1-5H3,(H,16,18)(H,17,19). The van der Waals surface area contributed by atoms with Crippen molar-refractivity contribution >= 4 is 17.5 Å². The van der Waals surface area contributed by atoms with Crippen molar-refractivity contribution in [2.24, 2.45) is 5.41 Å². The first-order chi connectivity index (χ1) is 8.70. The highest BCUT2D eigenvalue weighted by Crippen LogP contribution is 2.17. The second kappa shape index (κ2) is 5.87. The predicted octanol–water partition coefficient (Wildman–Crippen LogP) is 2.81. The molecule has 19 heavy (non-hydrogen) atoms. The van der Waals surface area contributed by atoms with Gasteiger partial charge in [0.05, 0.1) is 0 Å². The fourth-order valence-electron chi connectivity index (χ4n) is 1.37. The van der Waals surface area contributed by atoms with Crippen LogP contribution in [0, 0.1) is 5.41 Å². The van der Waals surface area contributed by atoms with E-state index in [0.29, 0.717) is 11.3 Å². The Bertz CT molecular complexity index is 456. The molecule has 0 unspecified atom stereocenters. The first-order valence-corrected chi connectivity index (χ1v) is 6.42. The minimum atomic E-state index is -0.437. The molecule has 1 aromatic rings. The van der Waals surface area contributed by atoms with Gasteiger partial charge in [0.25, 0.3) is 5.91 Å². The van der Waals surface area contributed by atoms with Crippen LogP contribution in [0.3, 0.4) is 0 Å². The van der Waals surface area contributed by atoms with E-state index in [1.165, 1.54) is 0 Å². The van der Waals surface area contributed by atoms with Gasteiger partial charge in [-0.05, 0) is 38.1 Å². The van der Waals surface area contributed by atoms with E-state index in [2.05, 4.69) is 10.6 Å². The van der Waals surface area contributed by atoms with Crippen molar-refractivity contribution < 1.29 is 9.59 Å². The van der Waals surface area contributed by atoms with Crippen molar-refractivity contribution in [2.75, 3.05) is 5.32 Å². The first kappa shape index (κ1) is 15.2. The van der Waals surface area contributed by atoms with Crippen molar-refractivity contribution in [3.8, 4) is 0 Å². The Hall–Kier alpha value is -1.84. The van der Waals surface area contributed by atoms with Crippen molar-refractivity contribution in [2.45, 2.75) is 40.7 Å². The number of amides is 2. The molecule has 2 N–H and O–H groups in total. The molecule has 1 rings (SSSR count). The van der Waals surface area contributed by atoms with Crippen molar-refractivity contribution in [3.63, 3.8) is 0 Å². The third-order valence-electron chi connectivity index (χ3n) is 2.51. The predicted molar refractivity (Wildman–Crippen MR) is 77.1 cm³/mol. The van der Waals surface area contributed by atoms with Crippen LogP contribution >= 0.6 is 0 Å². The quantitative estimate of drug-likeness (QED) is 0.880. The van der Waals surface area contributed by atoms with Crippen LogP contribution in [0.15, 0.2) is 24.3 Å². The summed E-state index contributed by atoms with van der Waals surface area (Å²) in [6.07, 6.45) is 0. The lowest BCUT2D eigenvalue weighted by atomic mass is 9.95. The molecule has 0 atom stereocenters. The zero-order valence-corrected chi connectivity index (χ0v) is 12.2. The minimum Gasteiger partial charge on any atom is -0.350 e. The fourth-order valence-corrected chi connectivity index (χ4v) is 1.37. The zero-order valence-electron chi connectivity index (χ0n) is 12.2. The number of carbonyl (C=O) groups is 2. The van der Waals surface area contributed by atoms with E-state index >= 15 is 0 Å². The third-order valence-corrected chi connectivity index (χ3v) is 2.51. The Balaban J connectivity index is 2.72. The van der Waals surface area contributed by atoms with Gasteiger partial charge in [0.1, 0.15) is 0 Å². The van der Waals surface area contributed by atoms with Gasteiger partial charge in [-0.15, -0.1) is 0 Å². The molecule has 0 radical (unpaired) electrons. The minimum absolute atomic E-state index is 0.0492. The van der Waals surface area contributed by atoms with Crippen LogP contribution in [-0.4, -0.2) is 17.9 Å². The maximum Gasteiger partial charge on any atom is 0.251 e. The Morgan fingerprint density at radius 3 is 2.00 bits per heavy atom. The molecule has 2 amide bonds. The van der Waals surface area contributed by atoms with Crippen LogP contribution in [0.2, 0.25) is 0 Å². The molecule has 0 aromatic heterocycles. The number of hydrogen-bond donors (Lipinski definition) is 2. The van der Waals surface area contributed by atoms with Gasteiger partial charge >= 0.3 is 0 Å². The number of anilines is 1. The van der Waals surface area contributed by atoms with Crippen LogP contribution in [-0.2, 0) is 4.79 Å². The van der Waals surface area contributed by atoms with Crippen LogP contribution < -0.4 is 10.6 Å². The molecule has 4 nitrogen and oxygen atoms in total. The third kappa shape index (κ3) is 4.73. The Morgan fingerprint density at radius 2 is 1.58 bits per heavy atom. The summed E-state index contributed by atoms with van der Waals surface area (Å²) in [5.74, 6) is -0.157. The number of rotatable bonds is 3. The van der Waals surface area contributed by atoms with E-state index in [1.54, 1.807) is 24.3 Å². The van der Waals surface area contributed by atoms with E-state index < -0.39 is 5.41 Å². The molecule has 0 saturated carbocycles. The van der Waals surface area contributed by atoms with Gasteiger partial charge in [0.2, 0.25) is 5.91 Å². The van der Waals surface area contributed by atoms with Gasteiger partial charge in [-0.1, -0.05) is 20.8 Å². The molecule has 0 saturated heterocycles. The summed E-state index contributed by atoms with van der Waals surface area (Å²) in [4.78, 5) is 23.6. The van der Waals surface area contributed by atoms with Crippen LogP contribution in [0.25, 0.3) is 0 Å². The fraction of sp³-hybridized carbons (Fsp3) is 0.467. The van der Waals surface area contributed by atoms with Gasteiger partial charge < -0.3 is 10.6 Å². The van der Waals surface area contributed by atoms with E-state index in [9.17, 15) is 9.59 Å². The monoisotopic (exact) mass is 262 g/mol. The maximum atomic E-state index is 11.8. The van der Waals surface area contributed by atoms with E-state index in [0.717, 1.165) is 0 Å². The highest BCUT2D eigenvalue weighted by Gasteiger charge is 2.21. The second-order valence-electron chi connectivity index (χ2n) is 5.91. The van der Waals surface area contributed by atoms with Crippen molar-refractivity contribution in [1.29, 1.82) is 0 Å². The lowest BCUT2D eigenvalue weighted by Crippen LogP contribution is -2.30. The number of hydrogen-bond acceptors (Lipinski definition) is 2. The van der Waals surface area contributed by atoms with Crippen LogP contribution in [0.4, 0.5) is 5.69 Å². The summed E-state index contributed by atoms with van der Waals surface area (Å²) in [6, 6.07) is 6.98. The summed E-state index contributed by atoms with van der Waals surface area (Å²) >= 11 is 0. The molecule has 0 bridgehead atoms. The highest BCUT2D eigenvalue weighted by atomic mass is 16.2. The van der Waals surface area contributed by atoms with Crippen molar-refractivity contribution in [1.82, 2.24) is 5.32 Å². The molecule has 0 spiro atoms. The van der Waals surface area contributed by atoms with Gasteiger partial charge in [0.15, 0.2) is 0 Å². The SMILES string of the molecule is CC(C)NC(=O)c1ccc(NC(=O)C(C)(C)C)cc1. The average molecular weight is 262 g/mol. The van der Waals surface area contributed by atoms with Crippen molar-refractivity contribution in [3.05, 3.63) is 29.8 Å². The van der Waals surface area contributed by atoms with E-state index in [1.807, 2.05) is 34.6 Å². The summed E-state index contributed by atoms with van der Waals surface area (Å²) < 4.78 is 0. The average Bonchev–Trinajstić information content (AvgIpc) is 2.27. The molecule has 0 heterocycles. The van der Waals surface area contributed by atoms with Gasteiger partial charge in [-0.3, -0.25) is 9.59 Å². The Morgan fingerprint density at radius 1 is 1.05 bits per heavy atom. The molecular weight excluding hydrogens is 240 g/mol. The molecule has 104 valence electrons. The van der Waals surface area contributed by atoms with E-state index in [4.69, 9.17) is 0 Å².